The van der Waals surface area contributed by atoms with Gasteiger partial charge in [0.1, 0.15) is 0 Å². The molecule has 0 bridgehead atoms. The van der Waals surface area contributed by atoms with Crippen molar-refractivity contribution in [1.82, 2.24) is 10.2 Å². The molecule has 2 aliphatic rings. The summed E-state index contributed by atoms with van der Waals surface area (Å²) in [5, 5.41) is 3.14. The molecule has 3 nitrogen and oxygen atoms in total. The first-order valence-electron chi connectivity index (χ1n) is 6.20. The zero-order valence-electron chi connectivity index (χ0n) is 9.83. The molecule has 3 atom stereocenters. The van der Waals surface area contributed by atoms with Gasteiger partial charge in [-0.05, 0) is 18.3 Å². The van der Waals surface area contributed by atoms with Crippen molar-refractivity contribution in [3.8, 4) is 0 Å². The molecular weight excluding hydrogens is 188 g/mol. The van der Waals surface area contributed by atoms with Crippen LogP contribution in [0.1, 0.15) is 33.1 Å². The number of hydrogen-bond donors (Lipinski definition) is 1. The molecule has 15 heavy (non-hydrogen) atoms. The molecule has 0 spiro atoms. The Morgan fingerprint density at radius 1 is 1.33 bits per heavy atom. The lowest BCUT2D eigenvalue weighted by molar-refractivity contribution is -0.136. The predicted octanol–water partition coefficient (Wildman–Crippen LogP) is 1.24. The zero-order valence-corrected chi connectivity index (χ0v) is 9.83. The molecule has 0 aromatic rings. The first-order chi connectivity index (χ1) is 7.20. The summed E-state index contributed by atoms with van der Waals surface area (Å²) in [6.45, 7) is 7.04. The Morgan fingerprint density at radius 3 is 2.87 bits per heavy atom. The molecule has 0 aromatic heterocycles. The Hall–Kier alpha value is -0.570. The standard InChI is InChI=1S/C12H22N2O/c1-9-4-3-5-11(10(9)2)14-7-6-13-8-12(14)15/h9-11,13H,3-8H2,1-2H3. The fourth-order valence-corrected chi connectivity index (χ4v) is 2.97. The fourth-order valence-electron chi connectivity index (χ4n) is 2.97. The van der Waals surface area contributed by atoms with Gasteiger partial charge in [-0.15, -0.1) is 0 Å². The van der Waals surface area contributed by atoms with E-state index in [1.807, 2.05) is 0 Å². The predicted molar refractivity (Wildman–Crippen MR) is 60.5 cm³/mol. The molecule has 1 amide bonds. The Morgan fingerprint density at radius 2 is 2.13 bits per heavy atom. The fraction of sp³-hybridized carbons (Fsp3) is 0.917. The minimum atomic E-state index is 0.298. The summed E-state index contributed by atoms with van der Waals surface area (Å²) in [4.78, 5) is 13.9. The van der Waals surface area contributed by atoms with Gasteiger partial charge in [0.25, 0.3) is 0 Å². The number of amides is 1. The van der Waals surface area contributed by atoms with Crippen LogP contribution in [0.2, 0.25) is 0 Å². The number of carbonyl (C=O) groups excluding carboxylic acids is 1. The van der Waals surface area contributed by atoms with E-state index in [-0.39, 0.29) is 0 Å². The number of nitrogens with zero attached hydrogens (tertiary/aromatic N) is 1. The minimum absolute atomic E-state index is 0.298. The lowest BCUT2D eigenvalue weighted by atomic mass is 9.77. The van der Waals surface area contributed by atoms with Crippen LogP contribution in [0.25, 0.3) is 0 Å². The molecule has 2 rings (SSSR count). The van der Waals surface area contributed by atoms with Crippen LogP contribution in [-0.4, -0.2) is 36.5 Å². The molecule has 0 radical (unpaired) electrons. The van der Waals surface area contributed by atoms with E-state index in [4.69, 9.17) is 0 Å². The molecule has 1 aliphatic carbocycles. The van der Waals surface area contributed by atoms with E-state index in [9.17, 15) is 4.79 Å². The van der Waals surface area contributed by atoms with E-state index < -0.39 is 0 Å². The van der Waals surface area contributed by atoms with Gasteiger partial charge in [-0.2, -0.15) is 0 Å². The maximum atomic E-state index is 11.8. The van der Waals surface area contributed by atoms with Crippen molar-refractivity contribution in [2.75, 3.05) is 19.6 Å². The Balaban J connectivity index is 2.04. The lowest BCUT2D eigenvalue weighted by Gasteiger charge is -2.43. The van der Waals surface area contributed by atoms with Gasteiger partial charge in [-0.25, -0.2) is 0 Å². The highest BCUT2D eigenvalue weighted by Crippen LogP contribution is 2.32. The van der Waals surface area contributed by atoms with Crippen LogP contribution in [0.15, 0.2) is 0 Å². The van der Waals surface area contributed by atoms with Crippen LogP contribution < -0.4 is 5.32 Å². The summed E-state index contributed by atoms with van der Waals surface area (Å²) in [5.74, 6) is 1.74. The molecule has 1 aliphatic heterocycles. The second-order valence-electron chi connectivity index (χ2n) is 5.10. The molecule has 2 fully saturated rings. The van der Waals surface area contributed by atoms with Crippen molar-refractivity contribution >= 4 is 5.91 Å². The molecule has 1 saturated carbocycles. The third-order valence-corrected chi connectivity index (χ3v) is 4.19. The van der Waals surface area contributed by atoms with Crippen molar-refractivity contribution < 1.29 is 4.79 Å². The maximum Gasteiger partial charge on any atom is 0.236 e. The first kappa shape index (κ1) is 10.9. The average molecular weight is 210 g/mol. The maximum absolute atomic E-state index is 11.8. The molecule has 1 heterocycles. The SMILES string of the molecule is CC1CCCC(N2CCNCC2=O)C1C. The van der Waals surface area contributed by atoms with Gasteiger partial charge < -0.3 is 10.2 Å². The van der Waals surface area contributed by atoms with Gasteiger partial charge in [-0.3, -0.25) is 4.79 Å². The smallest absolute Gasteiger partial charge is 0.236 e. The van der Waals surface area contributed by atoms with Gasteiger partial charge in [0.2, 0.25) is 5.91 Å². The molecule has 3 heteroatoms. The van der Waals surface area contributed by atoms with Crippen LogP contribution in [0.5, 0.6) is 0 Å². The lowest BCUT2D eigenvalue weighted by Crippen LogP contribution is -2.55. The van der Waals surface area contributed by atoms with Crippen molar-refractivity contribution in [3.63, 3.8) is 0 Å². The summed E-state index contributed by atoms with van der Waals surface area (Å²) in [7, 11) is 0. The van der Waals surface area contributed by atoms with E-state index in [0.29, 0.717) is 24.4 Å². The van der Waals surface area contributed by atoms with Crippen LogP contribution in [0.4, 0.5) is 0 Å². The Bertz CT molecular complexity index is 242. The molecular formula is C12H22N2O. The quantitative estimate of drug-likeness (QED) is 0.706. The van der Waals surface area contributed by atoms with Crippen molar-refractivity contribution in [2.24, 2.45) is 11.8 Å². The zero-order chi connectivity index (χ0) is 10.8. The first-order valence-corrected chi connectivity index (χ1v) is 6.20. The van der Waals surface area contributed by atoms with E-state index in [1.165, 1.54) is 19.3 Å². The van der Waals surface area contributed by atoms with Gasteiger partial charge in [-0.1, -0.05) is 26.7 Å². The van der Waals surface area contributed by atoms with E-state index in [2.05, 4.69) is 24.1 Å². The highest BCUT2D eigenvalue weighted by molar-refractivity contribution is 5.79. The van der Waals surface area contributed by atoms with E-state index >= 15 is 0 Å². The summed E-state index contributed by atoms with van der Waals surface area (Å²) in [6, 6.07) is 0.503. The topological polar surface area (TPSA) is 32.3 Å². The average Bonchev–Trinajstić information content (AvgIpc) is 2.23. The Labute approximate surface area is 92.2 Å². The van der Waals surface area contributed by atoms with Gasteiger partial charge >= 0.3 is 0 Å². The molecule has 0 aromatic carbocycles. The summed E-state index contributed by atoms with van der Waals surface area (Å²) < 4.78 is 0. The summed E-state index contributed by atoms with van der Waals surface area (Å²) in [6.07, 6.45) is 3.82. The van der Waals surface area contributed by atoms with Crippen molar-refractivity contribution in [3.05, 3.63) is 0 Å². The molecule has 1 saturated heterocycles. The normalized spacial score (nSPS) is 38.1. The van der Waals surface area contributed by atoms with Crippen LogP contribution in [0.3, 0.4) is 0 Å². The third kappa shape index (κ3) is 2.17. The number of nitrogens with one attached hydrogen (secondary N) is 1. The molecule has 86 valence electrons. The highest BCUT2D eigenvalue weighted by atomic mass is 16.2. The van der Waals surface area contributed by atoms with Gasteiger partial charge in [0.05, 0.1) is 6.54 Å². The van der Waals surface area contributed by atoms with Gasteiger partial charge in [0, 0.05) is 19.1 Å². The van der Waals surface area contributed by atoms with Crippen molar-refractivity contribution in [2.45, 2.75) is 39.2 Å². The number of piperazine rings is 1. The van der Waals surface area contributed by atoms with Crippen molar-refractivity contribution in [1.29, 1.82) is 0 Å². The van der Waals surface area contributed by atoms with Crippen LogP contribution >= 0.6 is 0 Å². The largest absolute Gasteiger partial charge is 0.337 e. The molecule has 1 N–H and O–H groups in total. The Kier molecular flexibility index (Phi) is 3.29. The van der Waals surface area contributed by atoms with Gasteiger partial charge in [0.15, 0.2) is 0 Å². The third-order valence-electron chi connectivity index (χ3n) is 4.19. The summed E-state index contributed by atoms with van der Waals surface area (Å²) >= 11 is 0. The minimum Gasteiger partial charge on any atom is -0.337 e. The highest BCUT2D eigenvalue weighted by Gasteiger charge is 2.34. The monoisotopic (exact) mass is 210 g/mol. The van der Waals surface area contributed by atoms with E-state index in [1.54, 1.807) is 0 Å². The number of carbonyl (C=O) groups is 1. The molecule has 3 unspecified atom stereocenters. The second-order valence-corrected chi connectivity index (χ2v) is 5.10. The summed E-state index contributed by atoms with van der Waals surface area (Å²) in [5.41, 5.74) is 0. The van der Waals surface area contributed by atoms with Crippen LogP contribution in [0, 0.1) is 11.8 Å². The van der Waals surface area contributed by atoms with E-state index in [0.717, 1.165) is 19.0 Å². The number of hydrogen-bond acceptors (Lipinski definition) is 2. The second kappa shape index (κ2) is 4.52. The van der Waals surface area contributed by atoms with Crippen LogP contribution in [-0.2, 0) is 4.79 Å². The number of rotatable bonds is 1.